The van der Waals surface area contributed by atoms with Crippen molar-refractivity contribution in [3.63, 3.8) is 0 Å². The summed E-state index contributed by atoms with van der Waals surface area (Å²) in [5, 5.41) is 9.67. The molecule has 0 aromatic heterocycles. The molecule has 0 rings (SSSR count). The Labute approximate surface area is 83.4 Å². The van der Waals surface area contributed by atoms with Gasteiger partial charge in [-0.25, -0.2) is 9.80 Å². The molecule has 5 nitrogen and oxygen atoms in total. The van der Waals surface area contributed by atoms with Gasteiger partial charge >= 0.3 is 6.09 Å². The van der Waals surface area contributed by atoms with Gasteiger partial charge in [-0.3, -0.25) is 10.2 Å². The van der Waals surface area contributed by atoms with Crippen molar-refractivity contribution in [2.24, 2.45) is 0 Å². The molecular formula is C9H16N2O3. The van der Waals surface area contributed by atoms with Gasteiger partial charge in [0, 0.05) is 5.57 Å². The van der Waals surface area contributed by atoms with E-state index in [0.717, 1.165) is 5.01 Å². The molecule has 0 radical (unpaired) electrons. The third-order valence-electron chi connectivity index (χ3n) is 1.46. The second kappa shape index (κ2) is 4.13. The molecule has 80 valence electrons. The molecule has 0 aromatic carbocycles. The Morgan fingerprint density at radius 2 is 1.79 bits per heavy atom. The minimum absolute atomic E-state index is 0.264. The molecule has 5 heteroatoms. The number of hydrogen-bond donors (Lipinski definition) is 2. The van der Waals surface area contributed by atoms with Gasteiger partial charge in [-0.2, -0.15) is 0 Å². The molecule has 0 aliphatic rings. The maximum atomic E-state index is 11.2. The Morgan fingerprint density at radius 3 is 2.00 bits per heavy atom. The van der Waals surface area contributed by atoms with E-state index >= 15 is 0 Å². The Hall–Kier alpha value is -1.52. The van der Waals surface area contributed by atoms with Crippen LogP contribution in [-0.4, -0.2) is 27.7 Å². The first-order chi connectivity index (χ1) is 6.16. The second-order valence-corrected chi connectivity index (χ2v) is 4.01. The number of hydrogen-bond acceptors (Lipinski definition) is 2. The number of hydrazine groups is 1. The zero-order valence-electron chi connectivity index (χ0n) is 8.92. The minimum Gasteiger partial charge on any atom is -0.464 e. The smallest absolute Gasteiger partial charge is 0.426 e. The highest BCUT2D eigenvalue weighted by Crippen LogP contribution is 2.10. The Balaban J connectivity index is 4.64. The molecule has 2 N–H and O–H groups in total. The number of nitrogens with one attached hydrogen (secondary N) is 1. The van der Waals surface area contributed by atoms with E-state index < -0.39 is 17.5 Å². The average Bonchev–Trinajstić information content (AvgIpc) is 1.96. The van der Waals surface area contributed by atoms with E-state index in [9.17, 15) is 9.59 Å². The van der Waals surface area contributed by atoms with Gasteiger partial charge in [-0.1, -0.05) is 6.58 Å². The minimum atomic E-state index is -1.20. The number of carboxylic acid groups (broad SMARTS) is 1. The highest BCUT2D eigenvalue weighted by atomic mass is 16.4. The van der Waals surface area contributed by atoms with Gasteiger partial charge in [0.1, 0.15) is 0 Å². The number of carbonyl (C=O) groups is 2. The summed E-state index contributed by atoms with van der Waals surface area (Å²) >= 11 is 0. The molecule has 0 spiro atoms. The Morgan fingerprint density at radius 1 is 1.36 bits per heavy atom. The normalized spacial score (nSPS) is 10.6. The quantitative estimate of drug-likeness (QED) is 0.496. The molecule has 2 amide bonds. The molecule has 0 unspecified atom stereocenters. The molecule has 0 aromatic rings. The zero-order valence-corrected chi connectivity index (χ0v) is 8.92. The van der Waals surface area contributed by atoms with Crippen molar-refractivity contribution in [3.8, 4) is 0 Å². The lowest BCUT2D eigenvalue weighted by Gasteiger charge is -2.32. The Bertz CT molecular complexity index is 266. The van der Waals surface area contributed by atoms with Crippen LogP contribution in [0, 0.1) is 0 Å². The standard InChI is InChI=1S/C9H16N2O3/c1-6(2)7(12)10-11(8(13)14)9(3,4)5/h1H2,2-5H3,(H,10,12)(H,13,14). The lowest BCUT2D eigenvalue weighted by Crippen LogP contribution is -2.55. The molecule has 0 saturated carbocycles. The van der Waals surface area contributed by atoms with Gasteiger partial charge in [-0.15, -0.1) is 0 Å². The maximum absolute atomic E-state index is 11.2. The van der Waals surface area contributed by atoms with Crippen molar-refractivity contribution in [2.75, 3.05) is 0 Å². The van der Waals surface area contributed by atoms with Crippen LogP contribution in [0.15, 0.2) is 12.2 Å². The van der Waals surface area contributed by atoms with Gasteiger partial charge in [0.25, 0.3) is 5.91 Å². The van der Waals surface area contributed by atoms with Gasteiger partial charge in [-0.05, 0) is 27.7 Å². The van der Waals surface area contributed by atoms with E-state index in [4.69, 9.17) is 5.11 Å². The molecule has 0 bridgehead atoms. The fourth-order valence-electron chi connectivity index (χ4n) is 0.699. The molecule has 0 saturated heterocycles. The highest BCUT2D eigenvalue weighted by molar-refractivity contribution is 5.92. The first-order valence-corrected chi connectivity index (χ1v) is 4.16. The summed E-state index contributed by atoms with van der Waals surface area (Å²) in [5.41, 5.74) is 1.83. The second-order valence-electron chi connectivity index (χ2n) is 4.01. The van der Waals surface area contributed by atoms with Crippen molar-refractivity contribution in [1.29, 1.82) is 0 Å². The number of nitrogens with zero attached hydrogens (tertiary/aromatic N) is 1. The largest absolute Gasteiger partial charge is 0.464 e. The maximum Gasteiger partial charge on any atom is 0.426 e. The van der Waals surface area contributed by atoms with Crippen LogP contribution in [0.2, 0.25) is 0 Å². The van der Waals surface area contributed by atoms with Crippen molar-refractivity contribution >= 4 is 12.0 Å². The lowest BCUT2D eigenvalue weighted by molar-refractivity contribution is -0.123. The third-order valence-corrected chi connectivity index (χ3v) is 1.46. The summed E-state index contributed by atoms with van der Waals surface area (Å²) in [5.74, 6) is -0.498. The summed E-state index contributed by atoms with van der Waals surface area (Å²) in [6.45, 7) is 9.97. The van der Waals surface area contributed by atoms with Crippen molar-refractivity contribution < 1.29 is 14.7 Å². The predicted octanol–water partition coefficient (Wildman–Crippen LogP) is 1.37. The van der Waals surface area contributed by atoms with E-state index in [1.54, 1.807) is 20.8 Å². The van der Waals surface area contributed by atoms with Crippen LogP contribution in [0.5, 0.6) is 0 Å². The van der Waals surface area contributed by atoms with Crippen LogP contribution in [0.25, 0.3) is 0 Å². The SMILES string of the molecule is C=C(C)C(=O)NN(C(=O)O)C(C)(C)C. The van der Waals surface area contributed by atoms with Gasteiger partial charge in [0.05, 0.1) is 5.54 Å². The topological polar surface area (TPSA) is 69.6 Å². The van der Waals surface area contributed by atoms with Crippen LogP contribution in [0.4, 0.5) is 4.79 Å². The van der Waals surface area contributed by atoms with Crippen molar-refractivity contribution in [2.45, 2.75) is 33.2 Å². The fraction of sp³-hybridized carbons (Fsp3) is 0.556. The van der Waals surface area contributed by atoms with E-state index in [1.165, 1.54) is 6.92 Å². The monoisotopic (exact) mass is 200 g/mol. The van der Waals surface area contributed by atoms with Gasteiger partial charge in [0.15, 0.2) is 0 Å². The van der Waals surface area contributed by atoms with Crippen LogP contribution in [-0.2, 0) is 4.79 Å². The van der Waals surface area contributed by atoms with E-state index in [2.05, 4.69) is 12.0 Å². The molecule has 0 heterocycles. The van der Waals surface area contributed by atoms with E-state index in [0.29, 0.717) is 0 Å². The van der Waals surface area contributed by atoms with Crippen molar-refractivity contribution in [1.82, 2.24) is 10.4 Å². The zero-order chi connectivity index (χ0) is 11.5. The molecule has 0 aliphatic heterocycles. The summed E-state index contributed by atoms with van der Waals surface area (Å²) in [7, 11) is 0. The Kier molecular flexibility index (Phi) is 3.68. The molecule has 0 atom stereocenters. The molecule has 0 fully saturated rings. The van der Waals surface area contributed by atoms with Crippen LogP contribution in [0.1, 0.15) is 27.7 Å². The third kappa shape index (κ3) is 3.47. The van der Waals surface area contributed by atoms with Crippen LogP contribution >= 0.6 is 0 Å². The number of rotatable bonds is 1. The van der Waals surface area contributed by atoms with Crippen LogP contribution < -0.4 is 5.43 Å². The molecule has 14 heavy (non-hydrogen) atoms. The average molecular weight is 200 g/mol. The summed E-state index contributed by atoms with van der Waals surface area (Å²) in [6, 6.07) is 0. The molecule has 0 aliphatic carbocycles. The van der Waals surface area contributed by atoms with E-state index in [-0.39, 0.29) is 5.57 Å². The molecular weight excluding hydrogens is 184 g/mol. The summed E-state index contributed by atoms with van der Waals surface area (Å²) in [6.07, 6.45) is -1.20. The van der Waals surface area contributed by atoms with E-state index in [1.807, 2.05) is 0 Å². The fourth-order valence-corrected chi connectivity index (χ4v) is 0.699. The van der Waals surface area contributed by atoms with Crippen LogP contribution in [0.3, 0.4) is 0 Å². The predicted molar refractivity (Wildman–Crippen MR) is 52.6 cm³/mol. The first-order valence-electron chi connectivity index (χ1n) is 4.16. The summed E-state index contributed by atoms with van der Waals surface area (Å²) in [4.78, 5) is 22.0. The van der Waals surface area contributed by atoms with Gasteiger partial charge < -0.3 is 5.11 Å². The number of amides is 2. The first kappa shape index (κ1) is 12.5. The highest BCUT2D eigenvalue weighted by Gasteiger charge is 2.27. The van der Waals surface area contributed by atoms with Gasteiger partial charge in [0.2, 0.25) is 0 Å². The summed E-state index contributed by atoms with van der Waals surface area (Å²) < 4.78 is 0. The lowest BCUT2D eigenvalue weighted by atomic mass is 10.1. The number of carbonyl (C=O) groups excluding carboxylic acids is 1. The van der Waals surface area contributed by atoms with Crippen molar-refractivity contribution in [3.05, 3.63) is 12.2 Å².